The van der Waals surface area contributed by atoms with Crippen LogP contribution in [-0.2, 0) is 16.1 Å². The quantitative estimate of drug-likeness (QED) is 0.476. The van der Waals surface area contributed by atoms with Crippen LogP contribution in [0, 0.1) is 17.6 Å². The van der Waals surface area contributed by atoms with E-state index in [1.165, 1.54) is 7.11 Å². The molecule has 0 bridgehead atoms. The lowest BCUT2D eigenvalue weighted by atomic mass is 10.1. The second-order valence-corrected chi connectivity index (χ2v) is 8.46. The molecule has 0 aliphatic carbocycles. The maximum absolute atomic E-state index is 14.1. The molecule has 0 radical (unpaired) electrons. The van der Waals surface area contributed by atoms with Crippen LogP contribution in [-0.4, -0.2) is 60.9 Å². The van der Waals surface area contributed by atoms with E-state index < -0.39 is 23.5 Å². The largest absolute Gasteiger partial charge is 0.468 e. The van der Waals surface area contributed by atoms with Crippen molar-refractivity contribution in [2.45, 2.75) is 27.3 Å². The summed E-state index contributed by atoms with van der Waals surface area (Å²) in [6.45, 7) is 7.61. The average molecular weight is 491 g/mol. The van der Waals surface area contributed by atoms with Crippen molar-refractivity contribution in [2.24, 2.45) is 5.92 Å². The first-order chi connectivity index (χ1) is 16.5. The Morgan fingerprint density at radius 3 is 2.40 bits per heavy atom. The number of aromatic nitrogens is 2. The zero-order chi connectivity index (χ0) is 26.1. The zero-order valence-electron chi connectivity index (χ0n) is 20.9. The molecule has 1 aromatic heterocycles. The third kappa shape index (κ3) is 8.03. The Kier molecular flexibility index (Phi) is 10.1. The van der Waals surface area contributed by atoms with Gasteiger partial charge in [-0.3, -0.25) is 14.3 Å². The fourth-order valence-corrected chi connectivity index (χ4v) is 2.85. The lowest BCUT2D eigenvalue weighted by Crippen LogP contribution is -2.30. The van der Waals surface area contributed by atoms with E-state index in [1.807, 2.05) is 13.8 Å². The summed E-state index contributed by atoms with van der Waals surface area (Å²) >= 11 is 0. The highest BCUT2D eigenvalue weighted by Crippen LogP contribution is 2.32. The van der Waals surface area contributed by atoms with Crippen LogP contribution >= 0.6 is 0 Å². The second kappa shape index (κ2) is 12.8. The number of carbonyl (C=O) groups excluding carboxylic acids is 2. The molecule has 1 N–H and O–H groups in total. The molecule has 0 saturated heterocycles. The zero-order valence-corrected chi connectivity index (χ0v) is 20.9. The minimum absolute atomic E-state index is 0.0412. The number of rotatable bonds is 8. The Balaban J connectivity index is 0.000000784. The number of fused-ring (bicyclic) bond motifs is 1. The smallest absolute Gasteiger partial charge is 0.325 e. The fourth-order valence-electron chi connectivity index (χ4n) is 2.85. The minimum Gasteiger partial charge on any atom is -0.468 e. The standard InChI is InChI=1S/C21H21F2N3O4.C4H11N/c1-12(2)11-26-17-8-15(21(28)24-10-20(27)29-3)19(6-13(17)9-25-26)30-18-5-4-14(22)7-16(18)23;1-4-5(2)3/h4-9,12H,10-11H2,1-3H3,(H,24,28);4H2,1-3H3. The van der Waals surface area contributed by atoms with Crippen LogP contribution in [0.2, 0.25) is 0 Å². The van der Waals surface area contributed by atoms with Crippen LogP contribution < -0.4 is 10.1 Å². The third-order valence-electron chi connectivity index (χ3n) is 4.89. The molecule has 190 valence electrons. The van der Waals surface area contributed by atoms with E-state index in [9.17, 15) is 18.4 Å². The summed E-state index contributed by atoms with van der Waals surface area (Å²) in [6, 6.07) is 5.98. The molecule has 10 heteroatoms. The number of esters is 1. The van der Waals surface area contributed by atoms with Gasteiger partial charge in [0.2, 0.25) is 0 Å². The van der Waals surface area contributed by atoms with Crippen LogP contribution in [0.25, 0.3) is 10.9 Å². The Labute approximate surface area is 203 Å². The van der Waals surface area contributed by atoms with Gasteiger partial charge in [0.05, 0.1) is 24.4 Å². The second-order valence-electron chi connectivity index (χ2n) is 8.46. The molecule has 8 nitrogen and oxygen atoms in total. The van der Waals surface area contributed by atoms with Crippen LogP contribution in [0.1, 0.15) is 31.1 Å². The highest BCUT2D eigenvalue weighted by molar-refractivity contribution is 6.02. The summed E-state index contributed by atoms with van der Waals surface area (Å²) in [5, 5.41) is 7.45. The van der Waals surface area contributed by atoms with E-state index in [0.717, 1.165) is 18.7 Å². The number of halogens is 2. The topological polar surface area (TPSA) is 85.7 Å². The molecule has 0 aliphatic heterocycles. The van der Waals surface area contributed by atoms with Crippen molar-refractivity contribution >= 4 is 22.8 Å². The summed E-state index contributed by atoms with van der Waals surface area (Å²) in [6.07, 6.45) is 1.61. The number of carbonyl (C=O) groups is 2. The molecule has 0 unspecified atom stereocenters. The molecule has 3 rings (SSSR count). The summed E-state index contributed by atoms with van der Waals surface area (Å²) in [7, 11) is 5.32. The lowest BCUT2D eigenvalue weighted by molar-refractivity contribution is -0.139. The predicted molar refractivity (Wildman–Crippen MR) is 130 cm³/mol. The molecule has 0 fully saturated rings. The Morgan fingerprint density at radius 2 is 1.83 bits per heavy atom. The molecule has 1 amide bonds. The van der Waals surface area contributed by atoms with E-state index in [2.05, 4.69) is 41.1 Å². The molecule has 0 atom stereocenters. The molecule has 0 saturated carbocycles. The van der Waals surface area contributed by atoms with Gasteiger partial charge in [-0.15, -0.1) is 0 Å². The molecule has 0 aliphatic rings. The summed E-state index contributed by atoms with van der Waals surface area (Å²) in [5.74, 6) is -2.79. The average Bonchev–Trinajstić information content (AvgIpc) is 3.19. The first-order valence-corrected chi connectivity index (χ1v) is 11.2. The van der Waals surface area contributed by atoms with Crippen LogP contribution in [0.5, 0.6) is 11.5 Å². The number of amides is 1. The number of nitrogens with one attached hydrogen (secondary N) is 1. The molecule has 0 spiro atoms. The van der Waals surface area contributed by atoms with E-state index in [0.29, 0.717) is 29.4 Å². The first-order valence-electron chi connectivity index (χ1n) is 11.2. The number of hydrogen-bond acceptors (Lipinski definition) is 6. The van der Waals surface area contributed by atoms with E-state index in [-0.39, 0.29) is 23.6 Å². The van der Waals surface area contributed by atoms with Gasteiger partial charge in [-0.05, 0) is 50.8 Å². The lowest BCUT2D eigenvalue weighted by Gasteiger charge is -2.13. The summed E-state index contributed by atoms with van der Waals surface area (Å²) < 4.78 is 39.2. The van der Waals surface area contributed by atoms with Crippen molar-refractivity contribution in [2.75, 3.05) is 34.3 Å². The van der Waals surface area contributed by atoms with Gasteiger partial charge in [-0.1, -0.05) is 20.8 Å². The van der Waals surface area contributed by atoms with Gasteiger partial charge in [0.15, 0.2) is 11.6 Å². The van der Waals surface area contributed by atoms with Crippen LogP contribution in [0.4, 0.5) is 8.78 Å². The molecular formula is C25H32F2N4O4. The number of ether oxygens (including phenoxy) is 2. The van der Waals surface area contributed by atoms with Crippen molar-refractivity contribution in [3.8, 4) is 11.5 Å². The highest BCUT2D eigenvalue weighted by Gasteiger charge is 2.19. The van der Waals surface area contributed by atoms with Gasteiger partial charge < -0.3 is 19.7 Å². The fraction of sp³-hybridized carbons (Fsp3) is 0.400. The highest BCUT2D eigenvalue weighted by atomic mass is 19.1. The van der Waals surface area contributed by atoms with E-state index in [1.54, 1.807) is 23.0 Å². The first kappa shape index (κ1) is 27.7. The van der Waals surface area contributed by atoms with Gasteiger partial charge in [0, 0.05) is 18.0 Å². The monoisotopic (exact) mass is 490 g/mol. The van der Waals surface area contributed by atoms with Gasteiger partial charge in [-0.2, -0.15) is 5.10 Å². The van der Waals surface area contributed by atoms with Crippen molar-refractivity contribution in [1.29, 1.82) is 0 Å². The van der Waals surface area contributed by atoms with Gasteiger partial charge in [0.25, 0.3) is 5.91 Å². The van der Waals surface area contributed by atoms with Gasteiger partial charge in [0.1, 0.15) is 18.1 Å². The van der Waals surface area contributed by atoms with E-state index in [4.69, 9.17) is 4.74 Å². The normalized spacial score (nSPS) is 10.8. The van der Waals surface area contributed by atoms with Crippen molar-refractivity contribution in [3.05, 3.63) is 53.7 Å². The SMILES string of the molecule is CCN(C)C.COC(=O)CNC(=O)c1cc2c(cnn2CC(C)C)cc1Oc1ccc(F)cc1F. The summed E-state index contributed by atoms with van der Waals surface area (Å²) in [4.78, 5) is 26.2. The minimum atomic E-state index is -0.911. The number of hydrogen-bond donors (Lipinski definition) is 1. The molecule has 3 aromatic rings. The van der Waals surface area contributed by atoms with Crippen molar-refractivity contribution in [1.82, 2.24) is 20.0 Å². The van der Waals surface area contributed by atoms with E-state index >= 15 is 0 Å². The molecule has 2 aromatic carbocycles. The third-order valence-corrected chi connectivity index (χ3v) is 4.89. The van der Waals surface area contributed by atoms with Gasteiger partial charge >= 0.3 is 5.97 Å². The molecule has 1 heterocycles. The Bertz CT molecular complexity index is 1160. The van der Waals surface area contributed by atoms with Crippen LogP contribution in [0.15, 0.2) is 36.5 Å². The number of benzene rings is 2. The van der Waals surface area contributed by atoms with Gasteiger partial charge in [-0.25, -0.2) is 8.78 Å². The predicted octanol–water partition coefficient (Wildman–Crippen LogP) is 4.23. The molecule has 35 heavy (non-hydrogen) atoms. The summed E-state index contributed by atoms with van der Waals surface area (Å²) in [5.41, 5.74) is 0.750. The van der Waals surface area contributed by atoms with Crippen LogP contribution in [0.3, 0.4) is 0 Å². The molecular weight excluding hydrogens is 458 g/mol. The van der Waals surface area contributed by atoms with Crippen molar-refractivity contribution < 1.29 is 27.8 Å². The van der Waals surface area contributed by atoms with Crippen molar-refractivity contribution in [3.63, 3.8) is 0 Å². The number of methoxy groups -OCH3 is 1. The Morgan fingerprint density at radius 1 is 1.14 bits per heavy atom. The maximum atomic E-state index is 14.1. The number of nitrogens with zero attached hydrogens (tertiary/aromatic N) is 3. The Hall–Kier alpha value is -3.53. The maximum Gasteiger partial charge on any atom is 0.325 e.